The normalized spacial score (nSPS) is 25.6. The van der Waals surface area contributed by atoms with Crippen molar-refractivity contribution < 1.29 is 22.8 Å². The number of hydrogen-bond acceptors (Lipinski definition) is 11. The molecule has 4 aromatic rings. The number of sulfonamides is 1. The average Bonchev–Trinajstić information content (AvgIpc) is 3.50. The van der Waals surface area contributed by atoms with Crippen LogP contribution in [-0.4, -0.2) is 106 Å². The summed E-state index contributed by atoms with van der Waals surface area (Å²) in [5.74, 6) is 0.293. The number of aromatic nitrogens is 3. The van der Waals surface area contributed by atoms with Gasteiger partial charge < -0.3 is 15.1 Å². The quantitative estimate of drug-likeness (QED) is 0.239. The number of piperidine rings is 2. The molecule has 1 atom stereocenters. The molecule has 7 aliphatic rings. The fourth-order valence-electron chi connectivity index (χ4n) is 9.81. The van der Waals surface area contributed by atoms with Gasteiger partial charge in [0.1, 0.15) is 11.7 Å². The molecule has 11 rings (SSSR count). The first kappa shape index (κ1) is 36.2. The highest BCUT2D eigenvalue weighted by atomic mass is 32.2. The van der Waals surface area contributed by atoms with Crippen LogP contribution in [0.25, 0.3) is 11.0 Å². The zero-order valence-electron chi connectivity index (χ0n) is 31.6. The Morgan fingerprint density at radius 1 is 0.877 bits per heavy atom. The maximum absolute atomic E-state index is 13.9. The summed E-state index contributed by atoms with van der Waals surface area (Å²) in [6.45, 7) is 4.85. The average molecular weight is 792 g/mol. The number of pyridine rings is 1. The zero-order valence-corrected chi connectivity index (χ0v) is 32.4. The Morgan fingerprint density at radius 3 is 2.40 bits per heavy atom. The first-order valence-corrected chi connectivity index (χ1v) is 21.5. The van der Waals surface area contributed by atoms with E-state index in [2.05, 4.69) is 25.4 Å². The summed E-state index contributed by atoms with van der Waals surface area (Å²) in [5.41, 5.74) is 3.99. The van der Waals surface area contributed by atoms with Gasteiger partial charge in [-0.2, -0.15) is 9.29 Å². The Bertz CT molecular complexity index is 2470. The van der Waals surface area contributed by atoms with E-state index in [0.717, 1.165) is 73.6 Å². The Kier molecular flexibility index (Phi) is 8.71. The van der Waals surface area contributed by atoms with E-state index in [1.165, 1.54) is 0 Å². The van der Waals surface area contributed by atoms with Crippen LogP contribution in [-0.2, 0) is 38.2 Å². The Labute approximate surface area is 330 Å². The van der Waals surface area contributed by atoms with Gasteiger partial charge in [-0.15, -0.1) is 0 Å². The van der Waals surface area contributed by atoms with Crippen LogP contribution in [0.4, 0.5) is 11.6 Å². The molecule has 6 heterocycles. The van der Waals surface area contributed by atoms with Crippen molar-refractivity contribution in [2.24, 2.45) is 5.92 Å². The van der Waals surface area contributed by atoms with Crippen LogP contribution in [0.3, 0.4) is 0 Å². The highest BCUT2D eigenvalue weighted by Crippen LogP contribution is 2.62. The highest BCUT2D eigenvalue weighted by Gasteiger charge is 2.59. The molecule has 3 amide bonds. The molecule has 57 heavy (non-hydrogen) atoms. The van der Waals surface area contributed by atoms with Crippen LogP contribution in [0, 0.1) is 5.92 Å². The first-order chi connectivity index (χ1) is 27.5. The number of nitrogens with one attached hydrogen (secondary N) is 2. The lowest BCUT2D eigenvalue weighted by Gasteiger charge is -2.62. The molecule has 4 aliphatic heterocycles. The highest BCUT2D eigenvalue weighted by molar-refractivity contribution is 7.89. The van der Waals surface area contributed by atoms with Gasteiger partial charge >= 0.3 is 0 Å². The number of carbonyl (C=O) groups excluding carboxylic acids is 3. The maximum Gasteiger partial charge on any atom is 0.255 e. The maximum atomic E-state index is 13.9. The van der Waals surface area contributed by atoms with Gasteiger partial charge in [-0.3, -0.25) is 34.0 Å². The van der Waals surface area contributed by atoms with E-state index in [1.807, 2.05) is 34.9 Å². The number of anilines is 2. The van der Waals surface area contributed by atoms with Crippen molar-refractivity contribution in [3.8, 4) is 0 Å². The Hall–Kier alpha value is -5.19. The van der Waals surface area contributed by atoms with Gasteiger partial charge in [0.05, 0.1) is 10.4 Å². The van der Waals surface area contributed by atoms with E-state index in [-0.39, 0.29) is 35.4 Å². The predicted octanol–water partition coefficient (Wildman–Crippen LogP) is 2.65. The summed E-state index contributed by atoms with van der Waals surface area (Å²) in [5, 5.41) is 6.62. The number of amides is 3. The number of imide groups is 1. The van der Waals surface area contributed by atoms with E-state index >= 15 is 0 Å². The summed E-state index contributed by atoms with van der Waals surface area (Å²) >= 11 is 0. The molecule has 16 heteroatoms. The zero-order chi connectivity index (χ0) is 39.1. The van der Waals surface area contributed by atoms with Gasteiger partial charge in [-0.25, -0.2) is 13.4 Å². The minimum absolute atomic E-state index is 0.00422. The Morgan fingerprint density at radius 2 is 1.67 bits per heavy atom. The van der Waals surface area contributed by atoms with Crippen molar-refractivity contribution >= 4 is 50.4 Å². The molecule has 2 aromatic carbocycles. The minimum atomic E-state index is -3.69. The summed E-state index contributed by atoms with van der Waals surface area (Å²) in [6, 6.07) is 15.9. The van der Waals surface area contributed by atoms with Crippen LogP contribution in [0.5, 0.6) is 0 Å². The molecule has 0 spiro atoms. The fourth-order valence-corrected chi connectivity index (χ4v) is 11.4. The number of fused-ring (bicyclic) bond motifs is 2. The Balaban J connectivity index is 0.735. The van der Waals surface area contributed by atoms with E-state index in [4.69, 9.17) is 4.98 Å². The number of carbonyl (C=O) groups is 3. The predicted molar refractivity (Wildman–Crippen MR) is 211 cm³/mol. The fraction of sp³-hybridized carbons (Fsp3) is 0.463. The molecular formula is C41H45N9O6S. The van der Waals surface area contributed by atoms with Gasteiger partial charge in [-0.1, -0.05) is 12.1 Å². The number of piperazine rings is 1. The lowest BCUT2D eigenvalue weighted by Crippen LogP contribution is -2.62. The largest absolute Gasteiger partial charge is 0.369 e. The van der Waals surface area contributed by atoms with Gasteiger partial charge in [0, 0.05) is 93.7 Å². The van der Waals surface area contributed by atoms with Crippen molar-refractivity contribution in [2.45, 2.75) is 80.6 Å². The molecule has 296 valence electrons. The first-order valence-electron chi connectivity index (χ1n) is 20.0. The molecule has 2 N–H and O–H groups in total. The summed E-state index contributed by atoms with van der Waals surface area (Å²) in [7, 11) is -3.69. The third kappa shape index (κ3) is 6.37. The molecule has 3 saturated carbocycles. The molecule has 15 nitrogen and oxygen atoms in total. The summed E-state index contributed by atoms with van der Waals surface area (Å²) in [6.07, 6.45) is 6.64. The lowest BCUT2D eigenvalue weighted by atomic mass is 9.49. The summed E-state index contributed by atoms with van der Waals surface area (Å²) < 4.78 is 31.2. The molecule has 6 fully saturated rings. The second kappa shape index (κ2) is 13.7. The van der Waals surface area contributed by atoms with Crippen molar-refractivity contribution in [2.75, 3.05) is 49.5 Å². The number of benzene rings is 2. The third-order valence-electron chi connectivity index (χ3n) is 13.1. The minimum Gasteiger partial charge on any atom is -0.369 e. The lowest BCUT2D eigenvalue weighted by molar-refractivity contribution is -0.136. The standard InChI is InChI=1S/C41H45N9O6S/c51-35-8-7-34(38(53)44-35)49-25-29-19-31(5-6-33(29)39(49)54)47-16-14-46(15-17-47)24-26-2-1-3-32(18-26)57(55,56)48-12-10-30(11-13-48)43-40-42-23-28-4-9-36(52)50(37(28)45-40)41-20-27(21-41)22-41/h1-6,9,18-19,23,27,30,34H,7-8,10-17,20-22,24-25H2,(H,42,43,45)(H,44,51,53). The monoisotopic (exact) mass is 791 g/mol. The molecule has 2 aromatic heterocycles. The topological polar surface area (TPSA) is 170 Å². The van der Waals surface area contributed by atoms with E-state index in [1.54, 1.807) is 39.7 Å². The molecule has 3 saturated heterocycles. The van der Waals surface area contributed by atoms with Gasteiger partial charge in [0.25, 0.3) is 11.5 Å². The van der Waals surface area contributed by atoms with Gasteiger partial charge in [-0.05, 0) is 92.0 Å². The smallest absolute Gasteiger partial charge is 0.255 e. The van der Waals surface area contributed by atoms with Crippen molar-refractivity contribution in [1.82, 2.24) is 34.0 Å². The second-order valence-electron chi connectivity index (χ2n) is 16.7. The third-order valence-corrected chi connectivity index (χ3v) is 15.0. The van der Waals surface area contributed by atoms with E-state index < -0.39 is 22.0 Å². The second-order valence-corrected chi connectivity index (χ2v) is 18.6. The molecule has 3 aliphatic carbocycles. The molecule has 1 unspecified atom stereocenters. The van der Waals surface area contributed by atoms with E-state index in [0.29, 0.717) is 67.5 Å². The van der Waals surface area contributed by atoms with Gasteiger partial charge in [0.15, 0.2) is 0 Å². The van der Waals surface area contributed by atoms with Crippen LogP contribution in [0.15, 0.2) is 70.5 Å². The summed E-state index contributed by atoms with van der Waals surface area (Å²) in [4.78, 5) is 66.0. The van der Waals surface area contributed by atoms with E-state index in [9.17, 15) is 27.6 Å². The van der Waals surface area contributed by atoms with Gasteiger partial charge in [0.2, 0.25) is 27.8 Å². The van der Waals surface area contributed by atoms with Crippen LogP contribution >= 0.6 is 0 Å². The molecular weight excluding hydrogens is 747 g/mol. The number of hydrogen-bond donors (Lipinski definition) is 2. The van der Waals surface area contributed by atoms with Crippen molar-refractivity contribution in [1.29, 1.82) is 0 Å². The molecule has 2 bridgehead atoms. The van der Waals surface area contributed by atoms with Crippen LogP contribution in [0.1, 0.15) is 66.4 Å². The van der Waals surface area contributed by atoms with Crippen molar-refractivity contribution in [3.05, 3.63) is 87.8 Å². The van der Waals surface area contributed by atoms with Crippen LogP contribution in [0.2, 0.25) is 0 Å². The molecule has 0 radical (unpaired) electrons. The number of nitrogens with zero attached hydrogens (tertiary/aromatic N) is 7. The SMILES string of the molecule is O=C1CCC(N2Cc3cc(N4CCN(Cc5cccc(S(=O)(=O)N6CCC(Nc7ncc8ccc(=O)n(C9%10CC(C9)C%10)c8n7)CC6)c5)CC4)ccc3C2=O)C(=O)N1. The number of rotatable bonds is 9. The van der Waals surface area contributed by atoms with Crippen molar-refractivity contribution in [3.63, 3.8) is 0 Å². The van der Waals surface area contributed by atoms with Crippen LogP contribution < -0.4 is 21.1 Å².